The number of aryl methyl sites for hydroxylation is 1. The molecule has 8 nitrogen and oxygen atoms in total. The number of hydrogen-bond donors (Lipinski definition) is 1. The number of hydrogen-bond acceptors (Lipinski definition) is 6. The van der Waals surface area contributed by atoms with Gasteiger partial charge in [0.25, 0.3) is 5.69 Å². The summed E-state index contributed by atoms with van der Waals surface area (Å²) in [5.41, 5.74) is 1.37. The van der Waals surface area contributed by atoms with E-state index < -0.39 is 16.1 Å². The second-order valence-electron chi connectivity index (χ2n) is 6.70. The Morgan fingerprint density at radius 2 is 2.13 bits per heavy atom. The molecule has 1 aliphatic heterocycles. The normalized spacial score (nSPS) is 17.1. The first-order chi connectivity index (χ1) is 14.8. The highest BCUT2D eigenvalue weighted by molar-refractivity contribution is 8.15. The Morgan fingerprint density at radius 1 is 1.39 bits per heavy atom. The van der Waals surface area contributed by atoms with Crippen LogP contribution in [0.2, 0.25) is 5.02 Å². The lowest BCUT2D eigenvalue weighted by molar-refractivity contribution is -0.383. The molecule has 1 aliphatic rings. The van der Waals surface area contributed by atoms with Crippen LogP contribution in [0.3, 0.4) is 0 Å². The van der Waals surface area contributed by atoms with E-state index in [1.807, 2.05) is 13.0 Å². The number of anilines is 1. The number of aliphatic imine (C=N–C) groups is 1. The van der Waals surface area contributed by atoms with Crippen LogP contribution in [0.15, 0.2) is 60.1 Å². The van der Waals surface area contributed by atoms with Gasteiger partial charge in [0.2, 0.25) is 11.8 Å². The molecular weight excluding hydrogens is 440 g/mol. The molecular formula is C21H19ClN4O4S. The second kappa shape index (κ2) is 9.76. The lowest BCUT2D eigenvalue weighted by Gasteiger charge is -2.14. The van der Waals surface area contributed by atoms with Crippen molar-refractivity contribution in [2.75, 3.05) is 11.9 Å². The van der Waals surface area contributed by atoms with Gasteiger partial charge in [-0.15, -0.1) is 6.58 Å². The molecule has 1 atom stereocenters. The van der Waals surface area contributed by atoms with Gasteiger partial charge >= 0.3 is 0 Å². The smallest absolute Gasteiger partial charge is 0.292 e. The number of nitro benzene ring substituents is 1. The van der Waals surface area contributed by atoms with Gasteiger partial charge in [0.05, 0.1) is 10.6 Å². The molecule has 0 bridgehead atoms. The zero-order valence-corrected chi connectivity index (χ0v) is 18.2. The highest BCUT2D eigenvalue weighted by Crippen LogP contribution is 2.33. The molecule has 31 heavy (non-hydrogen) atoms. The van der Waals surface area contributed by atoms with E-state index in [1.165, 1.54) is 23.1 Å². The van der Waals surface area contributed by atoms with E-state index in [2.05, 4.69) is 16.9 Å². The topological polar surface area (TPSA) is 105 Å². The summed E-state index contributed by atoms with van der Waals surface area (Å²) < 4.78 is 0. The van der Waals surface area contributed by atoms with E-state index in [4.69, 9.17) is 11.6 Å². The summed E-state index contributed by atoms with van der Waals surface area (Å²) >= 11 is 7.32. The molecule has 160 valence electrons. The number of amides is 2. The third kappa shape index (κ3) is 5.31. The Bertz CT molecular complexity index is 1090. The van der Waals surface area contributed by atoms with Gasteiger partial charge in [-0.2, -0.15) is 0 Å². The van der Waals surface area contributed by atoms with Gasteiger partial charge in [-0.3, -0.25) is 24.6 Å². The second-order valence-corrected chi connectivity index (χ2v) is 8.28. The van der Waals surface area contributed by atoms with Crippen molar-refractivity contribution < 1.29 is 14.5 Å². The molecule has 0 aliphatic carbocycles. The number of nitro groups is 1. The predicted octanol–water partition coefficient (Wildman–Crippen LogP) is 4.70. The fourth-order valence-corrected chi connectivity index (χ4v) is 4.23. The highest BCUT2D eigenvalue weighted by Gasteiger charge is 2.38. The summed E-state index contributed by atoms with van der Waals surface area (Å²) in [4.78, 5) is 41.9. The largest absolute Gasteiger partial charge is 0.320 e. The zero-order valence-electron chi connectivity index (χ0n) is 16.6. The Labute approximate surface area is 188 Å². The SMILES string of the molecule is C=CCN1C(=O)[C@H](CC(=O)Nc2ccccc2[N+](=O)[O-])SC1=Nc1ccc(C)c(Cl)c1. The maximum Gasteiger partial charge on any atom is 0.292 e. The third-order valence-corrected chi connectivity index (χ3v) is 6.04. The minimum absolute atomic E-state index is 0.0825. The molecule has 0 saturated carbocycles. The number of rotatable bonds is 7. The quantitative estimate of drug-likeness (QED) is 0.367. The summed E-state index contributed by atoms with van der Waals surface area (Å²) in [5, 5.41) is 13.9. The first-order valence-electron chi connectivity index (χ1n) is 9.27. The van der Waals surface area contributed by atoms with Crippen LogP contribution in [0.1, 0.15) is 12.0 Å². The average Bonchev–Trinajstić information content (AvgIpc) is 3.00. The number of benzene rings is 2. The molecule has 1 saturated heterocycles. The van der Waals surface area contributed by atoms with Crippen LogP contribution in [0, 0.1) is 17.0 Å². The van der Waals surface area contributed by atoms with Crippen LogP contribution in [0.25, 0.3) is 0 Å². The fourth-order valence-electron chi connectivity index (χ4n) is 2.89. The number of para-hydroxylation sites is 2. The number of carbonyl (C=O) groups is 2. The van der Waals surface area contributed by atoms with E-state index >= 15 is 0 Å². The minimum Gasteiger partial charge on any atom is -0.320 e. The van der Waals surface area contributed by atoms with Crippen molar-refractivity contribution in [3.63, 3.8) is 0 Å². The van der Waals surface area contributed by atoms with E-state index in [1.54, 1.807) is 24.3 Å². The monoisotopic (exact) mass is 458 g/mol. The lowest BCUT2D eigenvalue weighted by Crippen LogP contribution is -2.33. The Balaban J connectivity index is 1.78. The molecule has 2 amide bonds. The molecule has 2 aromatic rings. The maximum absolute atomic E-state index is 12.8. The van der Waals surface area contributed by atoms with Crippen LogP contribution >= 0.6 is 23.4 Å². The van der Waals surface area contributed by atoms with Crippen LogP contribution in [-0.4, -0.2) is 38.6 Å². The highest BCUT2D eigenvalue weighted by atomic mass is 35.5. The number of nitrogens with zero attached hydrogens (tertiary/aromatic N) is 3. The Hall–Kier alpha value is -3.17. The third-order valence-electron chi connectivity index (χ3n) is 4.46. The zero-order chi connectivity index (χ0) is 22.5. The molecule has 0 aromatic heterocycles. The molecule has 2 aromatic carbocycles. The lowest BCUT2D eigenvalue weighted by atomic mass is 10.2. The van der Waals surface area contributed by atoms with E-state index in [9.17, 15) is 19.7 Å². The van der Waals surface area contributed by atoms with Crippen molar-refractivity contribution in [1.82, 2.24) is 4.90 Å². The average molecular weight is 459 g/mol. The van der Waals surface area contributed by atoms with Gasteiger partial charge in [0, 0.05) is 24.1 Å². The van der Waals surface area contributed by atoms with Gasteiger partial charge in [-0.05, 0) is 30.7 Å². The number of amidine groups is 1. The molecule has 1 fully saturated rings. The van der Waals surface area contributed by atoms with Crippen molar-refractivity contribution in [2.45, 2.75) is 18.6 Å². The van der Waals surface area contributed by atoms with Crippen molar-refractivity contribution in [2.24, 2.45) is 4.99 Å². The van der Waals surface area contributed by atoms with Gasteiger partial charge in [-0.1, -0.05) is 47.6 Å². The van der Waals surface area contributed by atoms with Gasteiger partial charge in [0.15, 0.2) is 5.17 Å². The van der Waals surface area contributed by atoms with E-state index in [0.29, 0.717) is 15.9 Å². The summed E-state index contributed by atoms with van der Waals surface area (Å²) in [6.07, 6.45) is 1.42. The number of halogens is 1. The van der Waals surface area contributed by atoms with Gasteiger partial charge in [-0.25, -0.2) is 4.99 Å². The van der Waals surface area contributed by atoms with E-state index in [-0.39, 0.29) is 30.2 Å². The maximum atomic E-state index is 12.8. The van der Waals surface area contributed by atoms with Crippen molar-refractivity contribution >= 4 is 57.4 Å². The molecule has 0 radical (unpaired) electrons. The molecule has 0 unspecified atom stereocenters. The summed E-state index contributed by atoms with van der Waals surface area (Å²) in [5.74, 6) is -0.780. The van der Waals surface area contributed by atoms with Crippen molar-refractivity contribution in [3.8, 4) is 0 Å². The van der Waals surface area contributed by atoms with Crippen LogP contribution < -0.4 is 5.32 Å². The summed E-state index contributed by atoms with van der Waals surface area (Å²) in [7, 11) is 0. The predicted molar refractivity (Wildman–Crippen MR) is 123 cm³/mol. The molecule has 0 spiro atoms. The fraction of sp³-hybridized carbons (Fsp3) is 0.190. The van der Waals surface area contributed by atoms with E-state index in [0.717, 1.165) is 17.3 Å². The van der Waals surface area contributed by atoms with Gasteiger partial charge in [0.1, 0.15) is 10.9 Å². The van der Waals surface area contributed by atoms with Crippen molar-refractivity contribution in [1.29, 1.82) is 0 Å². The molecule has 3 rings (SSSR count). The summed E-state index contributed by atoms with van der Waals surface area (Å²) in [6, 6.07) is 11.2. The standard InChI is InChI=1S/C21H19ClN4O4S/c1-3-10-25-20(28)18(31-21(25)23-14-9-8-13(2)15(22)11-14)12-19(27)24-16-6-4-5-7-17(16)26(29)30/h3-9,11,18H,1,10,12H2,2H3,(H,24,27)/t18-/m0/s1. The molecule has 10 heteroatoms. The molecule has 1 heterocycles. The van der Waals surface area contributed by atoms with Gasteiger partial charge < -0.3 is 5.32 Å². The Kier molecular flexibility index (Phi) is 7.09. The molecule has 1 N–H and O–H groups in total. The van der Waals surface area contributed by atoms with Crippen LogP contribution in [-0.2, 0) is 9.59 Å². The number of thioether (sulfide) groups is 1. The number of carbonyl (C=O) groups excluding carboxylic acids is 2. The van der Waals surface area contributed by atoms with Crippen LogP contribution in [0.5, 0.6) is 0 Å². The number of nitrogens with one attached hydrogen (secondary N) is 1. The minimum atomic E-state index is -0.706. The summed E-state index contributed by atoms with van der Waals surface area (Å²) in [6.45, 7) is 5.79. The van der Waals surface area contributed by atoms with Crippen LogP contribution in [0.4, 0.5) is 17.1 Å². The Morgan fingerprint density at radius 3 is 2.81 bits per heavy atom. The first kappa shape index (κ1) is 22.5. The van der Waals surface area contributed by atoms with Crippen molar-refractivity contribution in [3.05, 3.63) is 75.8 Å². The first-order valence-corrected chi connectivity index (χ1v) is 10.5.